The quantitative estimate of drug-likeness (QED) is 0.851. The van der Waals surface area contributed by atoms with Crippen LogP contribution >= 0.6 is 0 Å². The van der Waals surface area contributed by atoms with Gasteiger partial charge >= 0.3 is 5.97 Å². The topological polar surface area (TPSA) is 66.8 Å². The molecule has 0 bridgehead atoms. The predicted octanol–water partition coefficient (Wildman–Crippen LogP) is 2.42. The molecule has 2 aromatic carbocycles. The maximum atomic E-state index is 12.9. The van der Waals surface area contributed by atoms with Gasteiger partial charge in [-0.25, -0.2) is 4.39 Å². The fraction of sp³-hybridized carbons (Fsp3) is 0.167. The van der Waals surface area contributed by atoms with Gasteiger partial charge in [-0.2, -0.15) is 0 Å². The number of methoxy groups -OCH3 is 1. The number of aliphatic carboxylic acids is 1. The van der Waals surface area contributed by atoms with E-state index in [2.05, 4.69) is 11.8 Å². The Bertz CT molecular complexity index is 726. The Morgan fingerprint density at radius 3 is 2.26 bits per heavy atom. The molecule has 0 fully saturated rings. The number of hydrogen-bond donors (Lipinski definition) is 2. The number of aliphatic hydroxyl groups is 1. The summed E-state index contributed by atoms with van der Waals surface area (Å²) in [7, 11) is 1.55. The summed E-state index contributed by atoms with van der Waals surface area (Å²) in [6, 6.07) is 11.8. The lowest BCUT2D eigenvalue weighted by Gasteiger charge is -2.14. The smallest absolute Gasteiger partial charge is 0.314 e. The van der Waals surface area contributed by atoms with Crippen molar-refractivity contribution >= 4 is 5.97 Å². The van der Waals surface area contributed by atoms with E-state index in [9.17, 15) is 19.4 Å². The van der Waals surface area contributed by atoms with E-state index in [4.69, 9.17) is 4.74 Å². The Labute approximate surface area is 133 Å². The Morgan fingerprint density at radius 2 is 1.74 bits per heavy atom. The van der Waals surface area contributed by atoms with Crippen LogP contribution in [0, 0.1) is 17.7 Å². The lowest BCUT2D eigenvalue weighted by atomic mass is 9.93. The number of aliphatic hydroxyl groups excluding tert-OH is 1. The monoisotopic (exact) mass is 314 g/mol. The second-order valence-electron chi connectivity index (χ2n) is 4.81. The van der Waals surface area contributed by atoms with Gasteiger partial charge in [0.1, 0.15) is 23.6 Å². The molecule has 0 unspecified atom stereocenters. The van der Waals surface area contributed by atoms with Crippen LogP contribution < -0.4 is 4.74 Å². The third-order valence-electron chi connectivity index (χ3n) is 3.27. The molecule has 5 heteroatoms. The van der Waals surface area contributed by atoms with Crippen LogP contribution in [-0.4, -0.2) is 29.4 Å². The van der Waals surface area contributed by atoms with Crippen molar-refractivity contribution < 1.29 is 24.1 Å². The molecule has 2 N–H and O–H groups in total. The third-order valence-corrected chi connectivity index (χ3v) is 3.27. The van der Waals surface area contributed by atoms with Crippen LogP contribution in [0.2, 0.25) is 0 Å². The molecule has 0 aromatic heterocycles. The normalized spacial score (nSPS) is 12.7. The summed E-state index contributed by atoms with van der Waals surface area (Å²) < 4.78 is 18.0. The lowest BCUT2D eigenvalue weighted by Crippen LogP contribution is -2.24. The first-order valence-electron chi connectivity index (χ1n) is 6.83. The molecule has 0 amide bonds. The minimum atomic E-state index is -1.42. The summed E-state index contributed by atoms with van der Waals surface area (Å²) in [5, 5.41) is 19.4. The van der Waals surface area contributed by atoms with E-state index in [0.717, 1.165) is 12.1 Å². The molecule has 0 saturated heterocycles. The highest BCUT2D eigenvalue weighted by Crippen LogP contribution is 2.21. The molecule has 0 saturated carbocycles. The van der Waals surface area contributed by atoms with Gasteiger partial charge in [0.25, 0.3) is 0 Å². The second kappa shape index (κ2) is 7.43. The zero-order valence-corrected chi connectivity index (χ0v) is 12.4. The summed E-state index contributed by atoms with van der Waals surface area (Å²) >= 11 is 0. The number of carboxylic acid groups (broad SMARTS) is 1. The second-order valence-corrected chi connectivity index (χ2v) is 4.81. The summed E-state index contributed by atoms with van der Waals surface area (Å²) in [6.07, 6.45) is -1.42. The van der Waals surface area contributed by atoms with Gasteiger partial charge in [0.15, 0.2) is 0 Å². The molecular formula is C18H15FO4. The third kappa shape index (κ3) is 4.31. The van der Waals surface area contributed by atoms with E-state index in [1.807, 2.05) is 0 Å². The van der Waals surface area contributed by atoms with Crippen LogP contribution in [0.1, 0.15) is 17.0 Å². The molecule has 2 rings (SSSR count). The standard InChI is InChI=1S/C18H15FO4/c1-23-15-9-2-12(3-10-15)4-11-16(20)17(18(21)22)13-5-7-14(19)8-6-13/h2-3,5-10,16-17,20H,1H3,(H,21,22)/t16-,17-/m1/s1. The minimum absolute atomic E-state index is 0.287. The molecule has 0 radical (unpaired) electrons. The van der Waals surface area contributed by atoms with Crippen LogP contribution in [0.4, 0.5) is 4.39 Å². The van der Waals surface area contributed by atoms with E-state index in [1.54, 1.807) is 31.4 Å². The molecule has 2 aromatic rings. The first-order chi connectivity index (χ1) is 11.0. The van der Waals surface area contributed by atoms with Crippen molar-refractivity contribution in [1.82, 2.24) is 0 Å². The van der Waals surface area contributed by atoms with Crippen molar-refractivity contribution in [2.24, 2.45) is 0 Å². The van der Waals surface area contributed by atoms with Crippen LogP contribution in [0.25, 0.3) is 0 Å². The number of ether oxygens (including phenoxy) is 1. The van der Waals surface area contributed by atoms with Crippen molar-refractivity contribution in [2.75, 3.05) is 7.11 Å². The van der Waals surface area contributed by atoms with Gasteiger partial charge in [-0.1, -0.05) is 24.0 Å². The number of carbonyl (C=O) groups is 1. The van der Waals surface area contributed by atoms with Crippen molar-refractivity contribution in [3.8, 4) is 17.6 Å². The largest absolute Gasteiger partial charge is 0.497 e. The van der Waals surface area contributed by atoms with Crippen molar-refractivity contribution in [3.05, 3.63) is 65.5 Å². The van der Waals surface area contributed by atoms with Crippen molar-refractivity contribution in [1.29, 1.82) is 0 Å². The number of halogens is 1. The SMILES string of the molecule is COc1ccc(C#C[C@@H](O)[C@H](C(=O)O)c2ccc(F)cc2)cc1. The van der Waals surface area contributed by atoms with Crippen LogP contribution in [-0.2, 0) is 4.79 Å². The van der Waals surface area contributed by atoms with E-state index in [-0.39, 0.29) is 5.56 Å². The predicted molar refractivity (Wildman–Crippen MR) is 82.7 cm³/mol. The number of carboxylic acids is 1. The summed E-state index contributed by atoms with van der Waals surface area (Å²) in [5.41, 5.74) is 0.906. The van der Waals surface area contributed by atoms with Crippen LogP contribution in [0.3, 0.4) is 0 Å². The fourth-order valence-corrected chi connectivity index (χ4v) is 2.04. The Hall–Kier alpha value is -2.84. The average Bonchev–Trinajstić information content (AvgIpc) is 2.55. The van der Waals surface area contributed by atoms with E-state index in [0.29, 0.717) is 11.3 Å². The highest BCUT2D eigenvalue weighted by Gasteiger charge is 2.27. The molecule has 0 spiro atoms. The van der Waals surface area contributed by atoms with Crippen molar-refractivity contribution in [3.63, 3.8) is 0 Å². The van der Waals surface area contributed by atoms with Gasteiger partial charge in [-0.3, -0.25) is 4.79 Å². The molecule has 0 heterocycles. The number of benzene rings is 2. The molecular weight excluding hydrogens is 299 g/mol. The van der Waals surface area contributed by atoms with Crippen LogP contribution in [0.5, 0.6) is 5.75 Å². The Morgan fingerprint density at radius 1 is 1.13 bits per heavy atom. The van der Waals surface area contributed by atoms with Gasteiger partial charge in [-0.15, -0.1) is 0 Å². The number of rotatable bonds is 4. The maximum Gasteiger partial charge on any atom is 0.314 e. The zero-order chi connectivity index (χ0) is 16.8. The fourth-order valence-electron chi connectivity index (χ4n) is 2.04. The van der Waals surface area contributed by atoms with Gasteiger partial charge in [0, 0.05) is 5.56 Å². The maximum absolute atomic E-state index is 12.9. The van der Waals surface area contributed by atoms with Gasteiger partial charge in [0.05, 0.1) is 7.11 Å². The van der Waals surface area contributed by atoms with Crippen molar-refractivity contribution in [2.45, 2.75) is 12.0 Å². The lowest BCUT2D eigenvalue weighted by molar-refractivity contribution is -0.140. The van der Waals surface area contributed by atoms with E-state index >= 15 is 0 Å². The molecule has 2 atom stereocenters. The van der Waals surface area contributed by atoms with Gasteiger partial charge < -0.3 is 14.9 Å². The molecule has 0 aliphatic heterocycles. The average molecular weight is 314 g/mol. The number of hydrogen-bond acceptors (Lipinski definition) is 3. The highest BCUT2D eigenvalue weighted by atomic mass is 19.1. The molecule has 0 aliphatic carbocycles. The summed E-state index contributed by atoms with van der Waals surface area (Å²) in [5.74, 6) is 2.96. The van der Waals surface area contributed by atoms with Gasteiger partial charge in [0.2, 0.25) is 0 Å². The van der Waals surface area contributed by atoms with Gasteiger partial charge in [-0.05, 0) is 42.0 Å². The first-order valence-corrected chi connectivity index (χ1v) is 6.83. The minimum Gasteiger partial charge on any atom is -0.497 e. The molecule has 4 nitrogen and oxygen atoms in total. The summed E-state index contributed by atoms with van der Waals surface area (Å²) in [6.45, 7) is 0. The first kappa shape index (κ1) is 16.5. The Balaban J connectivity index is 2.21. The van der Waals surface area contributed by atoms with E-state index < -0.39 is 23.8 Å². The highest BCUT2D eigenvalue weighted by molar-refractivity contribution is 5.77. The Kier molecular flexibility index (Phi) is 5.34. The molecule has 23 heavy (non-hydrogen) atoms. The summed E-state index contributed by atoms with van der Waals surface area (Å²) in [4.78, 5) is 11.4. The molecule has 118 valence electrons. The molecule has 0 aliphatic rings. The zero-order valence-electron chi connectivity index (χ0n) is 12.4. The van der Waals surface area contributed by atoms with Crippen LogP contribution in [0.15, 0.2) is 48.5 Å². The van der Waals surface area contributed by atoms with E-state index in [1.165, 1.54) is 12.1 Å².